The molecule has 6 nitrogen and oxygen atoms in total. The van der Waals surface area contributed by atoms with E-state index >= 15 is 0 Å². The zero-order valence-electron chi connectivity index (χ0n) is 48.7. The fourth-order valence-electron chi connectivity index (χ4n) is 9.25. The molecule has 0 radical (unpaired) electrons. The van der Waals surface area contributed by atoms with Crippen LogP contribution < -0.4 is 0 Å². The summed E-state index contributed by atoms with van der Waals surface area (Å²) in [5, 5.41) is 0. The molecule has 73 heavy (non-hydrogen) atoms. The first-order chi connectivity index (χ1) is 36.0. The molecule has 0 N–H and O–H groups in total. The maximum atomic E-state index is 12.9. The standard InChI is InChI=1S/C67H120O6/c1-4-7-10-13-16-19-22-25-28-31-33-36-38-41-44-47-50-53-56-59-65(68)71-62-64(73-67(70)61-58-55-52-49-46-43-40-35-30-27-24-21-18-15-12-9-6-3)63-72-66(69)60-57-54-51-48-45-42-39-37-34-32-29-26-23-20-17-14-11-8-5-2/h9,12,18,21,25,27-28,30,40,43,64H,4-8,10-11,13-17,19-20,22-24,26,29,31-39,41-42,44-63H2,1-3H3/b12-9-,21-18-,28-25-,30-27-,43-40-/t64-/m1/s1. The molecule has 0 aliphatic rings. The molecule has 0 aromatic carbocycles. The van der Waals surface area contributed by atoms with E-state index in [1.54, 1.807) is 0 Å². The topological polar surface area (TPSA) is 78.9 Å². The molecule has 6 heteroatoms. The lowest BCUT2D eigenvalue weighted by molar-refractivity contribution is -0.167. The van der Waals surface area contributed by atoms with Crippen molar-refractivity contribution in [3.05, 3.63) is 60.8 Å². The number of allylic oxidation sites excluding steroid dienone is 10. The maximum absolute atomic E-state index is 12.9. The van der Waals surface area contributed by atoms with Crippen molar-refractivity contribution in [2.75, 3.05) is 13.2 Å². The second-order valence-corrected chi connectivity index (χ2v) is 21.3. The van der Waals surface area contributed by atoms with Crippen molar-refractivity contribution >= 4 is 17.9 Å². The molecule has 0 unspecified atom stereocenters. The molecular formula is C67H120O6. The van der Waals surface area contributed by atoms with Gasteiger partial charge in [-0.2, -0.15) is 0 Å². The van der Waals surface area contributed by atoms with Gasteiger partial charge in [-0.15, -0.1) is 0 Å². The third kappa shape index (κ3) is 59.9. The van der Waals surface area contributed by atoms with Gasteiger partial charge in [0.25, 0.3) is 0 Å². The number of hydrogen-bond acceptors (Lipinski definition) is 6. The maximum Gasteiger partial charge on any atom is 0.306 e. The quantitative estimate of drug-likeness (QED) is 0.0261. The van der Waals surface area contributed by atoms with Crippen molar-refractivity contribution in [2.45, 2.75) is 335 Å². The molecule has 0 saturated heterocycles. The molecular weight excluding hydrogens is 901 g/mol. The molecule has 0 spiro atoms. The van der Waals surface area contributed by atoms with Gasteiger partial charge in [0.15, 0.2) is 6.10 Å². The van der Waals surface area contributed by atoms with E-state index < -0.39 is 6.10 Å². The van der Waals surface area contributed by atoms with E-state index in [1.165, 1.54) is 193 Å². The van der Waals surface area contributed by atoms with Crippen LogP contribution in [-0.4, -0.2) is 37.2 Å². The van der Waals surface area contributed by atoms with Gasteiger partial charge in [-0.25, -0.2) is 0 Å². The molecule has 0 aliphatic carbocycles. The molecule has 0 saturated carbocycles. The molecule has 1 atom stereocenters. The lowest BCUT2D eigenvalue weighted by Gasteiger charge is -2.18. The lowest BCUT2D eigenvalue weighted by Crippen LogP contribution is -2.30. The smallest absolute Gasteiger partial charge is 0.306 e. The zero-order chi connectivity index (χ0) is 52.9. The largest absolute Gasteiger partial charge is 0.462 e. The highest BCUT2D eigenvalue weighted by Crippen LogP contribution is 2.17. The minimum absolute atomic E-state index is 0.0815. The third-order valence-electron chi connectivity index (χ3n) is 14.0. The minimum Gasteiger partial charge on any atom is -0.462 e. The van der Waals surface area contributed by atoms with Crippen molar-refractivity contribution in [3.8, 4) is 0 Å². The lowest BCUT2D eigenvalue weighted by atomic mass is 10.0. The second-order valence-electron chi connectivity index (χ2n) is 21.3. The number of hydrogen-bond donors (Lipinski definition) is 0. The average Bonchev–Trinajstić information content (AvgIpc) is 3.39. The minimum atomic E-state index is -0.787. The van der Waals surface area contributed by atoms with Crippen molar-refractivity contribution in [2.24, 2.45) is 0 Å². The fourth-order valence-corrected chi connectivity index (χ4v) is 9.25. The summed E-state index contributed by atoms with van der Waals surface area (Å²) in [5.41, 5.74) is 0. The third-order valence-corrected chi connectivity index (χ3v) is 14.0. The van der Waals surface area contributed by atoms with Crippen LogP contribution in [0.5, 0.6) is 0 Å². The van der Waals surface area contributed by atoms with E-state index in [4.69, 9.17) is 14.2 Å². The van der Waals surface area contributed by atoms with E-state index in [1.807, 2.05) is 0 Å². The van der Waals surface area contributed by atoms with Gasteiger partial charge in [-0.1, -0.05) is 287 Å². The Morgan fingerprint density at radius 3 is 0.849 bits per heavy atom. The van der Waals surface area contributed by atoms with Gasteiger partial charge in [-0.05, 0) is 83.5 Å². The summed E-state index contributed by atoms with van der Waals surface area (Å²) in [6.45, 7) is 6.55. The van der Waals surface area contributed by atoms with Gasteiger partial charge in [0.2, 0.25) is 0 Å². The van der Waals surface area contributed by atoms with Crippen LogP contribution in [0.2, 0.25) is 0 Å². The molecule has 0 bridgehead atoms. The number of carbonyl (C=O) groups excluding carboxylic acids is 3. The van der Waals surface area contributed by atoms with Crippen LogP contribution >= 0.6 is 0 Å². The summed E-state index contributed by atoms with van der Waals surface area (Å²) in [6.07, 6.45) is 77.9. The van der Waals surface area contributed by atoms with E-state index in [-0.39, 0.29) is 31.1 Å². The first-order valence-corrected chi connectivity index (χ1v) is 31.8. The van der Waals surface area contributed by atoms with Crippen LogP contribution in [0.1, 0.15) is 329 Å². The Balaban J connectivity index is 4.37. The highest BCUT2D eigenvalue weighted by molar-refractivity contribution is 5.71. The normalized spacial score (nSPS) is 12.4. The highest BCUT2D eigenvalue weighted by atomic mass is 16.6. The number of ether oxygens (including phenoxy) is 3. The van der Waals surface area contributed by atoms with Crippen molar-refractivity contribution in [1.82, 2.24) is 0 Å². The average molecular weight is 1020 g/mol. The Morgan fingerprint density at radius 1 is 0.288 bits per heavy atom. The molecule has 0 heterocycles. The molecule has 0 aromatic heterocycles. The van der Waals surface area contributed by atoms with E-state index in [9.17, 15) is 14.4 Å². The molecule has 0 amide bonds. The number of carbonyl (C=O) groups is 3. The van der Waals surface area contributed by atoms with Crippen molar-refractivity contribution < 1.29 is 28.6 Å². The Morgan fingerprint density at radius 2 is 0.534 bits per heavy atom. The van der Waals surface area contributed by atoms with Crippen LogP contribution in [0.25, 0.3) is 0 Å². The summed E-state index contributed by atoms with van der Waals surface area (Å²) in [6, 6.07) is 0. The fraction of sp³-hybridized carbons (Fsp3) is 0.806. The zero-order valence-corrected chi connectivity index (χ0v) is 48.7. The molecule has 0 fully saturated rings. The summed E-state index contributed by atoms with van der Waals surface area (Å²) in [5.74, 6) is -0.889. The van der Waals surface area contributed by atoms with E-state index in [0.717, 1.165) is 96.3 Å². The van der Waals surface area contributed by atoms with Crippen LogP contribution in [0, 0.1) is 0 Å². The van der Waals surface area contributed by atoms with Crippen LogP contribution in [0.15, 0.2) is 60.8 Å². The Hall–Kier alpha value is -2.89. The van der Waals surface area contributed by atoms with Crippen LogP contribution in [0.4, 0.5) is 0 Å². The second kappa shape index (κ2) is 61.7. The molecule has 0 rings (SSSR count). The van der Waals surface area contributed by atoms with Gasteiger partial charge in [-0.3, -0.25) is 14.4 Å². The number of esters is 3. The van der Waals surface area contributed by atoms with Crippen molar-refractivity contribution in [1.29, 1.82) is 0 Å². The molecule has 0 aliphatic heterocycles. The van der Waals surface area contributed by atoms with Gasteiger partial charge >= 0.3 is 17.9 Å². The number of rotatable bonds is 58. The Kier molecular flexibility index (Phi) is 59.2. The predicted octanol–water partition coefficient (Wildman–Crippen LogP) is 21.6. The van der Waals surface area contributed by atoms with E-state index in [0.29, 0.717) is 19.3 Å². The Labute approximate surface area is 453 Å². The monoisotopic (exact) mass is 1020 g/mol. The van der Waals surface area contributed by atoms with Gasteiger partial charge in [0.1, 0.15) is 13.2 Å². The first kappa shape index (κ1) is 70.1. The van der Waals surface area contributed by atoms with Gasteiger partial charge < -0.3 is 14.2 Å². The highest BCUT2D eigenvalue weighted by Gasteiger charge is 2.19. The van der Waals surface area contributed by atoms with Gasteiger partial charge in [0, 0.05) is 19.3 Å². The van der Waals surface area contributed by atoms with Gasteiger partial charge in [0.05, 0.1) is 0 Å². The molecule has 424 valence electrons. The van der Waals surface area contributed by atoms with Crippen molar-refractivity contribution in [3.63, 3.8) is 0 Å². The van der Waals surface area contributed by atoms with E-state index in [2.05, 4.69) is 81.5 Å². The Bertz CT molecular complexity index is 1310. The predicted molar refractivity (Wildman–Crippen MR) is 316 cm³/mol. The summed E-state index contributed by atoms with van der Waals surface area (Å²) in [7, 11) is 0. The number of unbranched alkanes of at least 4 members (excludes halogenated alkanes) is 37. The summed E-state index contributed by atoms with van der Waals surface area (Å²) in [4.78, 5) is 38.3. The summed E-state index contributed by atoms with van der Waals surface area (Å²) < 4.78 is 16.9. The SMILES string of the molecule is CC/C=C\C/C=C\C/C=C\C/C=C\CCCCCCC(=O)O[C@H](COC(=O)CCCCCCCCCCC/C=C\CCCCCCCC)COC(=O)CCCCCCCCCCCCCCCCCCCCC. The van der Waals surface area contributed by atoms with Crippen LogP contribution in [-0.2, 0) is 28.6 Å². The van der Waals surface area contributed by atoms with Crippen LogP contribution in [0.3, 0.4) is 0 Å². The summed E-state index contributed by atoms with van der Waals surface area (Å²) >= 11 is 0. The molecule has 0 aromatic rings. The first-order valence-electron chi connectivity index (χ1n) is 31.8.